The maximum atomic E-state index is 13.9. The lowest BCUT2D eigenvalue weighted by Crippen LogP contribution is -2.40. The molecular weight excluding hydrogens is 552 g/mol. The third-order valence-corrected chi connectivity index (χ3v) is 7.90. The van der Waals surface area contributed by atoms with E-state index in [4.69, 9.17) is 18.9 Å². The predicted molar refractivity (Wildman–Crippen MR) is 162 cm³/mol. The van der Waals surface area contributed by atoms with Gasteiger partial charge in [-0.2, -0.15) is 0 Å². The molecule has 5 rings (SSSR count). The van der Waals surface area contributed by atoms with Gasteiger partial charge in [0, 0.05) is 11.6 Å². The molecule has 1 aliphatic rings. The van der Waals surface area contributed by atoms with Crippen molar-refractivity contribution < 1.29 is 23.7 Å². The molecule has 1 atom stereocenters. The first-order valence-electron chi connectivity index (χ1n) is 13.5. The summed E-state index contributed by atoms with van der Waals surface area (Å²) >= 11 is 1.27. The Balaban J connectivity index is 1.53. The molecule has 8 nitrogen and oxygen atoms in total. The zero-order valence-corrected chi connectivity index (χ0v) is 25.0. The number of hydrogen-bond acceptors (Lipinski definition) is 8. The van der Waals surface area contributed by atoms with Crippen LogP contribution in [0, 0.1) is 6.92 Å². The van der Waals surface area contributed by atoms with Crippen molar-refractivity contribution in [1.82, 2.24) is 4.57 Å². The lowest BCUT2D eigenvalue weighted by molar-refractivity contribution is -0.139. The van der Waals surface area contributed by atoms with Crippen LogP contribution in [0.5, 0.6) is 17.2 Å². The highest BCUT2D eigenvalue weighted by Gasteiger charge is 2.35. The Morgan fingerprint density at radius 1 is 1.00 bits per heavy atom. The van der Waals surface area contributed by atoms with Gasteiger partial charge >= 0.3 is 5.97 Å². The zero-order chi connectivity index (χ0) is 29.8. The van der Waals surface area contributed by atoms with Crippen LogP contribution >= 0.6 is 11.3 Å². The van der Waals surface area contributed by atoms with E-state index < -0.39 is 12.0 Å². The SMILES string of the molecule is CCOC(=O)C1=C(C)N=c2sc(=Cc3ccc(OCc4cccc(C)c4)cc3)c(=O)n2C1c1ccc(OC)cc1OC. The molecule has 2 heterocycles. The summed E-state index contributed by atoms with van der Waals surface area (Å²) in [6.07, 6.45) is 1.82. The smallest absolute Gasteiger partial charge is 0.338 e. The summed E-state index contributed by atoms with van der Waals surface area (Å²) in [5, 5.41) is 0. The minimum atomic E-state index is -0.791. The summed E-state index contributed by atoms with van der Waals surface area (Å²) < 4.78 is 24.4. The number of nitrogens with zero attached hydrogens (tertiary/aromatic N) is 2. The van der Waals surface area contributed by atoms with E-state index in [1.807, 2.05) is 42.5 Å². The minimum Gasteiger partial charge on any atom is -0.497 e. The quantitative estimate of drug-likeness (QED) is 0.265. The highest BCUT2D eigenvalue weighted by atomic mass is 32.1. The van der Waals surface area contributed by atoms with Gasteiger partial charge in [0.05, 0.1) is 36.6 Å². The number of esters is 1. The van der Waals surface area contributed by atoms with Crippen molar-refractivity contribution in [2.24, 2.45) is 4.99 Å². The maximum Gasteiger partial charge on any atom is 0.338 e. The Bertz CT molecular complexity index is 1840. The molecule has 0 radical (unpaired) electrons. The second-order valence-electron chi connectivity index (χ2n) is 9.76. The Morgan fingerprint density at radius 2 is 1.76 bits per heavy atom. The van der Waals surface area contributed by atoms with Crippen LogP contribution in [-0.2, 0) is 16.1 Å². The van der Waals surface area contributed by atoms with E-state index in [0.717, 1.165) is 16.9 Å². The average Bonchev–Trinajstić information content (AvgIpc) is 3.29. The first kappa shape index (κ1) is 28.9. The molecule has 9 heteroatoms. The van der Waals surface area contributed by atoms with Crippen LogP contribution in [0.1, 0.15) is 42.1 Å². The number of carbonyl (C=O) groups excluding carboxylic acids is 1. The summed E-state index contributed by atoms with van der Waals surface area (Å²) in [7, 11) is 3.10. The molecule has 0 fully saturated rings. The van der Waals surface area contributed by atoms with E-state index in [1.165, 1.54) is 24.0 Å². The highest BCUT2D eigenvalue weighted by molar-refractivity contribution is 7.07. The molecule has 3 aromatic carbocycles. The molecule has 1 aliphatic heterocycles. The van der Waals surface area contributed by atoms with Gasteiger partial charge in [-0.25, -0.2) is 9.79 Å². The minimum absolute atomic E-state index is 0.192. The summed E-state index contributed by atoms with van der Waals surface area (Å²) in [6.45, 7) is 6.21. The number of hydrogen-bond donors (Lipinski definition) is 0. The average molecular weight is 585 g/mol. The molecule has 0 bridgehead atoms. The molecule has 0 saturated heterocycles. The van der Waals surface area contributed by atoms with Gasteiger partial charge in [-0.15, -0.1) is 0 Å². The fourth-order valence-electron chi connectivity index (χ4n) is 4.91. The third kappa shape index (κ3) is 5.87. The number of rotatable bonds is 9. The fraction of sp³-hybridized carbons (Fsp3) is 0.242. The van der Waals surface area contributed by atoms with Gasteiger partial charge in [0.2, 0.25) is 0 Å². The summed E-state index contributed by atoms with van der Waals surface area (Å²) in [5.74, 6) is 1.27. The number of ether oxygens (including phenoxy) is 4. The molecule has 0 amide bonds. The number of fused-ring (bicyclic) bond motifs is 1. The van der Waals surface area contributed by atoms with Crippen LogP contribution in [0.2, 0.25) is 0 Å². The number of allylic oxidation sites excluding steroid dienone is 1. The maximum absolute atomic E-state index is 13.9. The molecule has 42 heavy (non-hydrogen) atoms. The van der Waals surface area contributed by atoms with Gasteiger partial charge in [-0.05, 0) is 62.2 Å². The molecular formula is C33H32N2O6S. The van der Waals surface area contributed by atoms with E-state index in [2.05, 4.69) is 24.0 Å². The van der Waals surface area contributed by atoms with Crippen molar-refractivity contribution in [3.05, 3.63) is 120 Å². The largest absolute Gasteiger partial charge is 0.497 e. The number of benzene rings is 3. The molecule has 216 valence electrons. The predicted octanol–water partition coefficient (Wildman–Crippen LogP) is 4.70. The van der Waals surface area contributed by atoms with Crippen LogP contribution in [0.15, 0.2) is 87.8 Å². The zero-order valence-electron chi connectivity index (χ0n) is 24.2. The molecule has 1 aromatic heterocycles. The van der Waals surface area contributed by atoms with Gasteiger partial charge in [0.1, 0.15) is 29.9 Å². The third-order valence-electron chi connectivity index (χ3n) is 6.92. The van der Waals surface area contributed by atoms with Gasteiger partial charge in [0.25, 0.3) is 5.56 Å². The molecule has 0 saturated carbocycles. The van der Waals surface area contributed by atoms with E-state index >= 15 is 0 Å². The Kier molecular flexibility index (Phi) is 8.59. The van der Waals surface area contributed by atoms with Crippen molar-refractivity contribution in [3.8, 4) is 17.2 Å². The van der Waals surface area contributed by atoms with Crippen molar-refractivity contribution in [2.75, 3.05) is 20.8 Å². The van der Waals surface area contributed by atoms with E-state index in [9.17, 15) is 9.59 Å². The first-order chi connectivity index (χ1) is 20.3. The monoisotopic (exact) mass is 584 g/mol. The summed E-state index contributed by atoms with van der Waals surface area (Å²) in [5.41, 5.74) is 4.25. The highest BCUT2D eigenvalue weighted by Crippen LogP contribution is 2.37. The number of aromatic nitrogens is 1. The summed E-state index contributed by atoms with van der Waals surface area (Å²) in [4.78, 5) is 32.2. The summed E-state index contributed by atoms with van der Waals surface area (Å²) in [6, 6.07) is 20.3. The topological polar surface area (TPSA) is 88.4 Å². The number of methoxy groups -OCH3 is 2. The lowest BCUT2D eigenvalue weighted by atomic mass is 9.95. The molecule has 0 N–H and O–H groups in total. The standard InChI is InChI=1S/C33H32N2O6S/c1-6-40-32(37)29-21(3)34-33-35(30(29)26-15-14-25(38-4)18-27(26)39-5)31(36)28(42-33)17-22-10-12-24(13-11-22)41-19-23-9-7-8-20(2)16-23/h7-18,30H,6,19H2,1-5H3. The Labute approximate surface area is 247 Å². The normalized spacial score (nSPS) is 14.7. The van der Waals surface area contributed by atoms with E-state index in [-0.39, 0.29) is 17.7 Å². The van der Waals surface area contributed by atoms with Gasteiger partial charge in [-0.1, -0.05) is 53.3 Å². The van der Waals surface area contributed by atoms with Gasteiger partial charge in [0.15, 0.2) is 4.80 Å². The number of thiazole rings is 1. The number of carbonyl (C=O) groups is 1. The molecule has 1 unspecified atom stereocenters. The van der Waals surface area contributed by atoms with Crippen LogP contribution < -0.4 is 29.1 Å². The fourth-order valence-corrected chi connectivity index (χ4v) is 5.96. The molecule has 0 spiro atoms. The van der Waals surface area contributed by atoms with Crippen molar-refractivity contribution in [1.29, 1.82) is 0 Å². The van der Waals surface area contributed by atoms with Crippen molar-refractivity contribution >= 4 is 23.4 Å². The van der Waals surface area contributed by atoms with Crippen molar-refractivity contribution in [3.63, 3.8) is 0 Å². The van der Waals surface area contributed by atoms with Crippen LogP contribution in [0.25, 0.3) is 6.08 Å². The van der Waals surface area contributed by atoms with Gasteiger partial charge < -0.3 is 18.9 Å². The second kappa shape index (κ2) is 12.5. The van der Waals surface area contributed by atoms with E-state index in [0.29, 0.717) is 38.7 Å². The first-order valence-corrected chi connectivity index (χ1v) is 14.3. The lowest BCUT2D eigenvalue weighted by Gasteiger charge is -2.26. The van der Waals surface area contributed by atoms with E-state index in [1.54, 1.807) is 43.7 Å². The van der Waals surface area contributed by atoms with Crippen LogP contribution in [0.4, 0.5) is 0 Å². The van der Waals surface area contributed by atoms with Gasteiger partial charge in [-0.3, -0.25) is 9.36 Å². The second-order valence-corrected chi connectivity index (χ2v) is 10.8. The Morgan fingerprint density at radius 3 is 2.45 bits per heavy atom. The van der Waals surface area contributed by atoms with Crippen LogP contribution in [0.3, 0.4) is 0 Å². The molecule has 0 aliphatic carbocycles. The number of aryl methyl sites for hydroxylation is 1. The molecule has 4 aromatic rings. The van der Waals surface area contributed by atoms with Crippen molar-refractivity contribution in [2.45, 2.75) is 33.4 Å². The Hall–Kier alpha value is -4.63. The van der Waals surface area contributed by atoms with Crippen LogP contribution in [-0.4, -0.2) is 31.4 Å².